The minimum atomic E-state index is -1.33. The van der Waals surface area contributed by atoms with Crippen molar-refractivity contribution >= 4 is 6.09 Å². The molecule has 1 amide bonds. The molecule has 0 atom stereocenters. The fourth-order valence-corrected chi connectivity index (χ4v) is 1.01. The summed E-state index contributed by atoms with van der Waals surface area (Å²) in [5.74, 6) is 0. The van der Waals surface area contributed by atoms with Crippen molar-refractivity contribution in [1.82, 2.24) is 10.4 Å². The Morgan fingerprint density at radius 2 is 2.25 bits per heavy atom. The zero-order chi connectivity index (χ0) is 9.40. The minimum absolute atomic E-state index is 1.14. The number of primary amides is 1. The van der Waals surface area contributed by atoms with Gasteiger partial charge in [0.2, 0.25) is 0 Å². The lowest BCUT2D eigenvalue weighted by Crippen LogP contribution is -2.42. The molecule has 1 saturated heterocycles. The zero-order valence-electron chi connectivity index (χ0n) is 7.42. The molecule has 0 aromatic rings. The topological polar surface area (TPSA) is 78.6 Å². The Balaban J connectivity index is 0.000000261. The van der Waals surface area contributed by atoms with Crippen LogP contribution in [0.25, 0.3) is 0 Å². The Morgan fingerprint density at radius 1 is 1.67 bits per heavy atom. The van der Waals surface area contributed by atoms with Crippen LogP contribution in [0, 0.1) is 0 Å². The Bertz CT molecular complexity index is 120. The summed E-state index contributed by atoms with van der Waals surface area (Å²) in [6, 6.07) is 0. The summed E-state index contributed by atoms with van der Waals surface area (Å²) in [7, 11) is 0. The van der Waals surface area contributed by atoms with E-state index in [9.17, 15) is 0 Å². The van der Waals surface area contributed by atoms with E-state index in [1.54, 1.807) is 0 Å². The highest BCUT2D eigenvalue weighted by Gasteiger charge is 2.04. The molecule has 72 valence electrons. The van der Waals surface area contributed by atoms with Crippen LogP contribution in [0.1, 0.15) is 19.8 Å². The number of nitrogens with one attached hydrogen (secondary N) is 1. The highest BCUT2D eigenvalue weighted by Crippen LogP contribution is 1.96. The normalized spacial score (nSPS) is 17.8. The molecule has 0 radical (unpaired) electrons. The molecule has 0 aliphatic carbocycles. The third-order valence-corrected chi connectivity index (χ3v) is 1.57. The maximum absolute atomic E-state index is 8.78. The van der Waals surface area contributed by atoms with Gasteiger partial charge in [-0.1, -0.05) is 6.92 Å². The number of amides is 1. The van der Waals surface area contributed by atoms with Crippen LogP contribution < -0.4 is 11.2 Å². The molecular weight excluding hydrogens is 158 g/mol. The van der Waals surface area contributed by atoms with Crippen LogP contribution in [-0.4, -0.2) is 35.8 Å². The van der Waals surface area contributed by atoms with Crippen molar-refractivity contribution in [3.8, 4) is 0 Å². The van der Waals surface area contributed by atoms with Gasteiger partial charge in [0, 0.05) is 19.6 Å². The summed E-state index contributed by atoms with van der Waals surface area (Å²) in [6.45, 7) is 5.72. The smallest absolute Gasteiger partial charge is 0.402 e. The highest BCUT2D eigenvalue weighted by atomic mass is 16.4. The number of carboxylic acid groups (broad SMARTS) is 1. The lowest BCUT2D eigenvalue weighted by Gasteiger charge is -2.25. The Kier molecular flexibility index (Phi) is 6.41. The van der Waals surface area contributed by atoms with Crippen LogP contribution in [0.3, 0.4) is 0 Å². The molecule has 12 heavy (non-hydrogen) atoms. The predicted molar refractivity (Wildman–Crippen MR) is 46.7 cm³/mol. The van der Waals surface area contributed by atoms with Crippen LogP contribution in [0.4, 0.5) is 4.79 Å². The van der Waals surface area contributed by atoms with Crippen molar-refractivity contribution in [2.45, 2.75) is 19.8 Å². The summed E-state index contributed by atoms with van der Waals surface area (Å²) in [4.78, 5) is 8.78. The third kappa shape index (κ3) is 7.30. The Morgan fingerprint density at radius 3 is 2.50 bits per heavy atom. The molecule has 5 nitrogen and oxygen atoms in total. The van der Waals surface area contributed by atoms with Gasteiger partial charge in [0.05, 0.1) is 0 Å². The van der Waals surface area contributed by atoms with E-state index >= 15 is 0 Å². The zero-order valence-corrected chi connectivity index (χ0v) is 7.42. The fourth-order valence-electron chi connectivity index (χ4n) is 1.01. The maximum Gasteiger partial charge on any atom is 0.402 e. The summed E-state index contributed by atoms with van der Waals surface area (Å²) in [5, 5.41) is 9.46. The van der Waals surface area contributed by atoms with Crippen molar-refractivity contribution in [2.24, 2.45) is 5.73 Å². The second kappa shape index (κ2) is 6.87. The van der Waals surface area contributed by atoms with Crippen molar-refractivity contribution in [2.75, 3.05) is 19.6 Å². The number of nitrogens with zero attached hydrogens (tertiary/aromatic N) is 1. The van der Waals surface area contributed by atoms with Gasteiger partial charge < -0.3 is 10.8 Å². The first-order valence-corrected chi connectivity index (χ1v) is 4.13. The van der Waals surface area contributed by atoms with E-state index in [0.717, 1.165) is 6.54 Å². The van der Waals surface area contributed by atoms with Gasteiger partial charge in [0.25, 0.3) is 0 Å². The standard InChI is InChI=1S/C6H14N2.CH3NO2/c1-2-8-6-4-3-5-7-8;2-1(3)4/h7H,2-6H2,1H3;2H2,(H,3,4). The third-order valence-electron chi connectivity index (χ3n) is 1.57. The van der Waals surface area contributed by atoms with Crippen molar-refractivity contribution in [3.05, 3.63) is 0 Å². The molecule has 4 N–H and O–H groups in total. The molecule has 0 bridgehead atoms. The number of carbonyl (C=O) groups is 1. The Hall–Kier alpha value is -0.810. The van der Waals surface area contributed by atoms with E-state index in [4.69, 9.17) is 9.90 Å². The fraction of sp³-hybridized carbons (Fsp3) is 0.857. The van der Waals surface area contributed by atoms with Gasteiger partial charge in [-0.3, -0.25) is 5.43 Å². The van der Waals surface area contributed by atoms with Gasteiger partial charge in [-0.05, 0) is 12.8 Å². The second-order valence-corrected chi connectivity index (χ2v) is 2.53. The van der Waals surface area contributed by atoms with E-state index in [0.29, 0.717) is 0 Å². The van der Waals surface area contributed by atoms with Gasteiger partial charge in [0.15, 0.2) is 0 Å². The van der Waals surface area contributed by atoms with E-state index in [-0.39, 0.29) is 0 Å². The molecular formula is C7H17N3O2. The van der Waals surface area contributed by atoms with Crippen LogP contribution in [-0.2, 0) is 0 Å². The molecule has 1 heterocycles. The monoisotopic (exact) mass is 175 g/mol. The van der Waals surface area contributed by atoms with E-state index in [1.165, 1.54) is 25.9 Å². The average molecular weight is 175 g/mol. The van der Waals surface area contributed by atoms with Crippen molar-refractivity contribution < 1.29 is 9.90 Å². The summed E-state index contributed by atoms with van der Waals surface area (Å²) in [5.41, 5.74) is 7.33. The number of hydrogen-bond donors (Lipinski definition) is 3. The molecule has 1 aliphatic rings. The van der Waals surface area contributed by atoms with E-state index in [2.05, 4.69) is 23.1 Å². The quantitative estimate of drug-likeness (QED) is 0.533. The van der Waals surface area contributed by atoms with Crippen LogP contribution in [0.2, 0.25) is 0 Å². The molecule has 0 unspecified atom stereocenters. The first-order chi connectivity index (χ1) is 5.66. The predicted octanol–water partition coefficient (Wildman–Crippen LogP) is 0.230. The lowest BCUT2D eigenvalue weighted by atomic mass is 10.3. The van der Waals surface area contributed by atoms with Crippen LogP contribution in [0.15, 0.2) is 0 Å². The first kappa shape index (κ1) is 11.2. The molecule has 1 rings (SSSR count). The summed E-state index contributed by atoms with van der Waals surface area (Å²) < 4.78 is 0. The minimum Gasteiger partial charge on any atom is -0.465 e. The summed E-state index contributed by atoms with van der Waals surface area (Å²) in [6.07, 6.45) is 1.37. The molecule has 5 heteroatoms. The number of rotatable bonds is 1. The largest absolute Gasteiger partial charge is 0.465 e. The maximum atomic E-state index is 8.78. The van der Waals surface area contributed by atoms with Gasteiger partial charge in [-0.25, -0.2) is 9.80 Å². The first-order valence-electron chi connectivity index (χ1n) is 4.13. The highest BCUT2D eigenvalue weighted by molar-refractivity contribution is 5.61. The van der Waals surface area contributed by atoms with E-state index in [1.807, 2.05) is 0 Å². The molecule has 1 fully saturated rings. The van der Waals surface area contributed by atoms with E-state index < -0.39 is 6.09 Å². The number of nitrogens with two attached hydrogens (primary N) is 1. The summed E-state index contributed by atoms with van der Waals surface area (Å²) >= 11 is 0. The average Bonchev–Trinajstić information content (AvgIpc) is 2.05. The van der Waals surface area contributed by atoms with Crippen molar-refractivity contribution in [3.63, 3.8) is 0 Å². The number of hydrogen-bond acceptors (Lipinski definition) is 3. The van der Waals surface area contributed by atoms with Crippen molar-refractivity contribution in [1.29, 1.82) is 0 Å². The van der Waals surface area contributed by atoms with Gasteiger partial charge in [-0.2, -0.15) is 0 Å². The van der Waals surface area contributed by atoms with Gasteiger partial charge >= 0.3 is 6.09 Å². The molecule has 0 aromatic carbocycles. The SMILES string of the molecule is CCN1CCCCN1.NC(=O)O. The van der Waals surface area contributed by atoms with Gasteiger partial charge in [-0.15, -0.1) is 0 Å². The molecule has 0 aromatic heterocycles. The number of hydrazine groups is 1. The molecule has 0 spiro atoms. The van der Waals surface area contributed by atoms with Crippen LogP contribution in [0.5, 0.6) is 0 Å². The van der Waals surface area contributed by atoms with Gasteiger partial charge in [0.1, 0.15) is 0 Å². The molecule has 1 aliphatic heterocycles. The molecule has 0 saturated carbocycles. The second-order valence-electron chi connectivity index (χ2n) is 2.53. The van der Waals surface area contributed by atoms with Crippen LogP contribution >= 0.6 is 0 Å². The Labute approximate surface area is 72.5 Å². The lowest BCUT2D eigenvalue weighted by molar-refractivity contribution is 0.162.